The molecule has 7 nitrogen and oxygen atoms in total. The highest BCUT2D eigenvalue weighted by Gasteiger charge is 2.29. The van der Waals surface area contributed by atoms with E-state index in [2.05, 4.69) is 47.9 Å². The predicted molar refractivity (Wildman–Crippen MR) is 124 cm³/mol. The molecule has 3 aromatic rings. The van der Waals surface area contributed by atoms with Crippen LogP contribution in [0.25, 0.3) is 0 Å². The molecule has 0 spiro atoms. The van der Waals surface area contributed by atoms with Gasteiger partial charge in [0.1, 0.15) is 0 Å². The SMILES string of the molecule is CCc1c(C)nc2n(c1=O)CN(Cc1ccc3c(c1)OCO3)CN2c1cccc(C)c1C. The molecule has 7 heteroatoms. The van der Waals surface area contributed by atoms with Crippen molar-refractivity contribution < 1.29 is 9.47 Å². The molecule has 32 heavy (non-hydrogen) atoms. The Morgan fingerprint density at radius 3 is 2.66 bits per heavy atom. The lowest BCUT2D eigenvalue weighted by Gasteiger charge is -2.39. The van der Waals surface area contributed by atoms with E-state index in [1.807, 2.05) is 30.5 Å². The molecule has 0 amide bonds. The third-order valence-corrected chi connectivity index (χ3v) is 6.44. The smallest absolute Gasteiger partial charge is 0.259 e. The van der Waals surface area contributed by atoms with Crippen LogP contribution in [0.15, 0.2) is 41.2 Å². The van der Waals surface area contributed by atoms with E-state index in [1.54, 1.807) is 0 Å². The molecule has 0 atom stereocenters. The van der Waals surface area contributed by atoms with E-state index < -0.39 is 0 Å². The van der Waals surface area contributed by atoms with E-state index in [0.717, 1.165) is 34.0 Å². The summed E-state index contributed by atoms with van der Waals surface area (Å²) in [6, 6.07) is 12.3. The topological polar surface area (TPSA) is 59.8 Å². The number of benzene rings is 2. The van der Waals surface area contributed by atoms with E-state index in [0.29, 0.717) is 32.3 Å². The third-order valence-electron chi connectivity index (χ3n) is 6.44. The van der Waals surface area contributed by atoms with Crippen molar-refractivity contribution in [1.29, 1.82) is 0 Å². The Bertz CT molecular complexity index is 1250. The molecular formula is C25H28N4O3. The van der Waals surface area contributed by atoms with E-state index in [1.165, 1.54) is 11.1 Å². The highest BCUT2D eigenvalue weighted by atomic mass is 16.7. The molecule has 3 heterocycles. The van der Waals surface area contributed by atoms with Gasteiger partial charge in [0.2, 0.25) is 12.7 Å². The minimum Gasteiger partial charge on any atom is -0.454 e. The van der Waals surface area contributed by atoms with Crippen LogP contribution in [-0.4, -0.2) is 27.9 Å². The second-order valence-electron chi connectivity index (χ2n) is 8.51. The second kappa shape index (κ2) is 7.98. The second-order valence-corrected chi connectivity index (χ2v) is 8.51. The summed E-state index contributed by atoms with van der Waals surface area (Å²) < 4.78 is 12.8. The van der Waals surface area contributed by atoms with Gasteiger partial charge in [0.15, 0.2) is 11.5 Å². The van der Waals surface area contributed by atoms with Crippen molar-refractivity contribution in [2.75, 3.05) is 18.4 Å². The van der Waals surface area contributed by atoms with Gasteiger partial charge >= 0.3 is 0 Å². The number of hydrogen-bond acceptors (Lipinski definition) is 6. The summed E-state index contributed by atoms with van der Waals surface area (Å²) in [6.07, 6.45) is 0.670. The Balaban J connectivity index is 1.57. The Morgan fingerprint density at radius 1 is 1.03 bits per heavy atom. The van der Waals surface area contributed by atoms with Gasteiger partial charge in [-0.15, -0.1) is 0 Å². The van der Waals surface area contributed by atoms with Crippen molar-refractivity contribution in [2.45, 2.75) is 47.3 Å². The van der Waals surface area contributed by atoms with E-state index >= 15 is 0 Å². The van der Waals surface area contributed by atoms with E-state index in [9.17, 15) is 4.79 Å². The predicted octanol–water partition coefficient (Wildman–Crippen LogP) is 4.03. The first-order valence-corrected chi connectivity index (χ1v) is 11.0. The van der Waals surface area contributed by atoms with Crippen LogP contribution in [0.3, 0.4) is 0 Å². The normalized spacial score (nSPS) is 15.2. The van der Waals surface area contributed by atoms with Gasteiger partial charge in [-0.1, -0.05) is 25.1 Å². The molecule has 0 radical (unpaired) electrons. The van der Waals surface area contributed by atoms with Gasteiger partial charge in [0.25, 0.3) is 5.56 Å². The van der Waals surface area contributed by atoms with Crippen molar-refractivity contribution in [3.8, 4) is 11.5 Å². The quantitative estimate of drug-likeness (QED) is 0.621. The molecule has 2 aliphatic rings. The van der Waals surface area contributed by atoms with Crippen molar-refractivity contribution in [1.82, 2.24) is 14.5 Å². The maximum absolute atomic E-state index is 13.4. The fraction of sp³-hybridized carbons (Fsp3) is 0.360. The Kier molecular flexibility index (Phi) is 5.13. The molecule has 1 aromatic heterocycles. The van der Waals surface area contributed by atoms with Crippen LogP contribution in [0.2, 0.25) is 0 Å². The van der Waals surface area contributed by atoms with Gasteiger partial charge < -0.3 is 9.47 Å². The minimum absolute atomic E-state index is 0.0423. The minimum atomic E-state index is 0.0423. The van der Waals surface area contributed by atoms with Gasteiger partial charge in [0.05, 0.1) is 13.3 Å². The first-order chi connectivity index (χ1) is 15.5. The number of fused-ring (bicyclic) bond motifs is 2. The van der Waals surface area contributed by atoms with Crippen LogP contribution in [0.5, 0.6) is 11.5 Å². The lowest BCUT2D eigenvalue weighted by molar-refractivity contribution is 0.173. The lowest BCUT2D eigenvalue weighted by Crippen LogP contribution is -2.47. The maximum Gasteiger partial charge on any atom is 0.259 e. The number of nitrogens with zero attached hydrogens (tertiary/aromatic N) is 4. The summed E-state index contributed by atoms with van der Waals surface area (Å²) in [6.45, 7) is 10.2. The van der Waals surface area contributed by atoms with Crippen LogP contribution in [0.1, 0.15) is 34.9 Å². The monoisotopic (exact) mass is 432 g/mol. The average molecular weight is 433 g/mol. The number of hydrogen-bond donors (Lipinski definition) is 0. The summed E-state index contributed by atoms with van der Waals surface area (Å²) in [4.78, 5) is 22.7. The van der Waals surface area contributed by atoms with Crippen molar-refractivity contribution in [2.24, 2.45) is 0 Å². The van der Waals surface area contributed by atoms with Gasteiger partial charge in [-0.3, -0.25) is 19.2 Å². The molecule has 166 valence electrons. The van der Waals surface area contributed by atoms with Crippen LogP contribution in [0.4, 0.5) is 11.6 Å². The summed E-state index contributed by atoms with van der Waals surface area (Å²) in [5.41, 5.74) is 6.22. The summed E-state index contributed by atoms with van der Waals surface area (Å²) >= 11 is 0. The highest BCUT2D eigenvalue weighted by Crippen LogP contribution is 2.35. The Hall–Kier alpha value is -3.32. The summed E-state index contributed by atoms with van der Waals surface area (Å²) in [7, 11) is 0. The molecule has 0 saturated carbocycles. The zero-order chi connectivity index (χ0) is 22.4. The zero-order valence-corrected chi connectivity index (χ0v) is 19.0. The third kappa shape index (κ3) is 3.42. The molecule has 0 bridgehead atoms. The largest absolute Gasteiger partial charge is 0.454 e. The van der Waals surface area contributed by atoms with Crippen LogP contribution >= 0.6 is 0 Å². The lowest BCUT2D eigenvalue weighted by atomic mass is 10.1. The fourth-order valence-corrected chi connectivity index (χ4v) is 4.54. The number of aromatic nitrogens is 2. The first kappa shape index (κ1) is 20.6. The summed E-state index contributed by atoms with van der Waals surface area (Å²) in [5, 5.41) is 0. The van der Waals surface area contributed by atoms with Crippen molar-refractivity contribution in [3.63, 3.8) is 0 Å². The van der Waals surface area contributed by atoms with Crippen molar-refractivity contribution in [3.05, 3.63) is 74.7 Å². The van der Waals surface area contributed by atoms with Crippen LogP contribution in [0, 0.1) is 20.8 Å². The van der Waals surface area contributed by atoms with Crippen LogP contribution in [-0.2, 0) is 19.6 Å². The van der Waals surface area contributed by atoms with E-state index in [4.69, 9.17) is 14.5 Å². The molecular weight excluding hydrogens is 404 g/mol. The number of aryl methyl sites for hydroxylation is 2. The molecule has 0 N–H and O–H groups in total. The molecule has 0 saturated heterocycles. The molecule has 2 aromatic carbocycles. The number of ether oxygens (including phenoxy) is 2. The molecule has 2 aliphatic heterocycles. The van der Waals surface area contributed by atoms with Gasteiger partial charge in [-0.25, -0.2) is 4.98 Å². The zero-order valence-electron chi connectivity index (χ0n) is 19.0. The highest BCUT2D eigenvalue weighted by molar-refractivity contribution is 5.64. The molecule has 5 rings (SSSR count). The molecule has 0 unspecified atom stereocenters. The number of anilines is 2. The van der Waals surface area contributed by atoms with Gasteiger partial charge in [0, 0.05) is 23.5 Å². The van der Waals surface area contributed by atoms with Gasteiger partial charge in [-0.2, -0.15) is 0 Å². The Labute approximate surface area is 187 Å². The van der Waals surface area contributed by atoms with Crippen LogP contribution < -0.4 is 19.9 Å². The summed E-state index contributed by atoms with van der Waals surface area (Å²) in [5.74, 6) is 2.26. The molecule has 0 aliphatic carbocycles. The van der Waals surface area contributed by atoms with Crippen molar-refractivity contribution >= 4 is 11.6 Å². The molecule has 0 fully saturated rings. The van der Waals surface area contributed by atoms with Gasteiger partial charge in [-0.05, 0) is 62.1 Å². The maximum atomic E-state index is 13.4. The standard InChI is InChI=1S/C25H28N4O3/c1-5-20-18(4)26-25-28(21-8-6-7-16(2)17(21)3)13-27(14-29(25)24(20)30)12-19-9-10-22-23(11-19)32-15-31-22/h6-11H,5,12-15H2,1-4H3. The average Bonchev–Trinajstić information content (AvgIpc) is 3.24. The fourth-order valence-electron chi connectivity index (χ4n) is 4.54. The van der Waals surface area contributed by atoms with E-state index in [-0.39, 0.29) is 12.4 Å². The Morgan fingerprint density at radius 2 is 1.84 bits per heavy atom. The first-order valence-electron chi connectivity index (χ1n) is 11.0. The number of rotatable bonds is 4.